The molecule has 77 heavy (non-hydrogen) atoms. The number of imidazole rings is 1. The molecule has 4 aliphatic rings. The molecule has 7 heterocycles. The van der Waals surface area contributed by atoms with Gasteiger partial charge in [-0.2, -0.15) is 12.1 Å². The molecule has 0 amide bonds. The van der Waals surface area contributed by atoms with E-state index < -0.39 is 8.07 Å². The molecule has 0 bridgehead atoms. The third kappa shape index (κ3) is 6.61. The molecule has 0 radical (unpaired) electrons. The maximum absolute atomic E-state index is 7.08. The molecular formula is C66H45BN4O4PtSi-2. The number of hydrogen-bond acceptors (Lipinski definition) is 5. The van der Waals surface area contributed by atoms with Crippen molar-refractivity contribution in [1.82, 2.24) is 14.1 Å². The third-order valence-electron chi connectivity index (χ3n) is 16.1. The Morgan fingerprint density at radius 3 is 1.92 bits per heavy atom. The van der Waals surface area contributed by atoms with E-state index in [9.17, 15) is 0 Å². The zero-order valence-corrected chi connectivity index (χ0v) is 45.9. The normalized spacial score (nSPS) is 13.8. The summed E-state index contributed by atoms with van der Waals surface area (Å²) in [6.45, 7) is 11.4. The largest absolute Gasteiger partial charge is 0.510 e. The third-order valence-corrected chi connectivity index (χ3v) is 19.6. The average Bonchev–Trinajstić information content (AvgIpc) is 4.25. The molecule has 0 saturated carbocycles. The fraction of sp³-hybridized carbons (Fsp3) is 0.0909. The fourth-order valence-electron chi connectivity index (χ4n) is 12.5. The van der Waals surface area contributed by atoms with Crippen molar-refractivity contribution in [1.29, 1.82) is 0 Å². The van der Waals surface area contributed by atoms with Gasteiger partial charge in [-0.3, -0.25) is 4.57 Å². The minimum Gasteiger partial charge on any atom is -0.510 e. The van der Waals surface area contributed by atoms with Gasteiger partial charge in [-0.15, -0.1) is 29.5 Å². The smallest absolute Gasteiger partial charge is 0.270 e. The van der Waals surface area contributed by atoms with Crippen molar-refractivity contribution in [2.24, 2.45) is 0 Å². The Bertz CT molecular complexity index is 4430. The molecule has 16 rings (SSSR count). The summed E-state index contributed by atoms with van der Waals surface area (Å²) >= 11 is 0. The number of hydrogen-bond donors (Lipinski definition) is 0. The Labute approximate surface area is 461 Å². The van der Waals surface area contributed by atoms with E-state index in [2.05, 4.69) is 199 Å². The first-order valence-corrected chi connectivity index (χ1v) is 28.9. The first kappa shape index (κ1) is 45.9. The summed E-state index contributed by atoms with van der Waals surface area (Å²) < 4.78 is 34.1. The van der Waals surface area contributed by atoms with Gasteiger partial charge in [0.2, 0.25) is 0 Å². The molecule has 0 saturated heterocycles. The fourth-order valence-corrected chi connectivity index (χ4v) is 15.4. The van der Waals surface area contributed by atoms with E-state index in [0.717, 1.165) is 129 Å². The number of aromatic nitrogens is 4. The maximum atomic E-state index is 7.08. The average molecular weight is 1190 g/mol. The van der Waals surface area contributed by atoms with E-state index in [0.29, 0.717) is 11.5 Å². The number of nitrogens with zero attached hydrogens (tertiary/aromatic N) is 4. The van der Waals surface area contributed by atoms with Crippen LogP contribution in [0.2, 0.25) is 13.1 Å². The zero-order chi connectivity index (χ0) is 50.8. The van der Waals surface area contributed by atoms with Gasteiger partial charge in [0, 0.05) is 74.8 Å². The van der Waals surface area contributed by atoms with Crippen LogP contribution in [-0.4, -0.2) is 28.9 Å². The second kappa shape index (κ2) is 16.5. The SMILES string of the molecule is CC(C)(C)c1ccnc(-n2c3[c-]c(Oc4[c-]c5c(cc4)[Si](C)(C)c4cccc6c4n-5[c-][n+]6-c4c(-c5ccccc5)cccc4-c4ccccc4)ccc3c3c4c5c(cc32)Oc2cccc3c2B5c2c(cccc2O4)O3)c1.[Pt]. The van der Waals surface area contributed by atoms with Crippen LogP contribution >= 0.6 is 0 Å². The van der Waals surface area contributed by atoms with E-state index in [1.807, 2.05) is 48.7 Å². The van der Waals surface area contributed by atoms with Gasteiger partial charge in [0.25, 0.3) is 13.0 Å². The number of fused-ring (bicyclic) bond motifs is 6. The number of ether oxygens (including phenoxy) is 4. The van der Waals surface area contributed by atoms with Crippen LogP contribution in [0.15, 0.2) is 182 Å². The molecule has 0 fully saturated rings. The summed E-state index contributed by atoms with van der Waals surface area (Å²) in [6, 6.07) is 69.2. The summed E-state index contributed by atoms with van der Waals surface area (Å²) in [7, 11) is -2.29. The Balaban J connectivity index is 0.00000518. The van der Waals surface area contributed by atoms with Crippen molar-refractivity contribution in [3.05, 3.63) is 206 Å². The molecule has 0 spiro atoms. The van der Waals surface area contributed by atoms with Crippen LogP contribution in [0.25, 0.3) is 72.3 Å². The van der Waals surface area contributed by atoms with Crippen molar-refractivity contribution in [3.8, 4) is 85.4 Å². The van der Waals surface area contributed by atoms with Crippen LogP contribution < -0.4 is 50.3 Å². The van der Waals surface area contributed by atoms with Gasteiger partial charge < -0.3 is 28.1 Å². The zero-order valence-electron chi connectivity index (χ0n) is 42.6. The summed E-state index contributed by atoms with van der Waals surface area (Å²) in [4.78, 5) is 5.06. The molecule has 4 aliphatic heterocycles. The van der Waals surface area contributed by atoms with E-state index in [-0.39, 0.29) is 33.2 Å². The van der Waals surface area contributed by atoms with Crippen molar-refractivity contribution in [3.63, 3.8) is 0 Å². The summed E-state index contributed by atoms with van der Waals surface area (Å²) in [5.74, 6) is 6.50. The quantitative estimate of drug-likeness (QED) is 0.0943. The Kier molecular flexibility index (Phi) is 9.86. The van der Waals surface area contributed by atoms with Gasteiger partial charge in [0.15, 0.2) is 0 Å². The second-order valence-corrected chi connectivity index (χ2v) is 26.2. The van der Waals surface area contributed by atoms with Crippen molar-refractivity contribution >= 4 is 74.4 Å². The number of para-hydroxylation sites is 2. The predicted molar refractivity (Wildman–Crippen MR) is 304 cm³/mol. The first-order chi connectivity index (χ1) is 37.1. The van der Waals surface area contributed by atoms with Crippen LogP contribution in [0.3, 0.4) is 0 Å². The molecule has 11 heteroatoms. The van der Waals surface area contributed by atoms with E-state index in [1.165, 1.54) is 10.4 Å². The standard InChI is InChI=1S/C66H45BN4O4Si.Pt/c1-66(2,3)41-32-33-68-58(34-41)71-48-35-42(28-30-46(48)59-50(71)37-55-62-65(59)75-54-26-15-24-52-61(54)67(62)60-51(73-52)23-14-25-53(60)74-55)72-43-29-31-56-49(36-43)70-38-69(47-22-13-27-57(64(47)70)76(56,4)5)63-44(39-16-8-6-9-17-39)20-12-21-45(63)40-18-10-7-11-19-40;/h6-34,37H,1-5H3;/q-2;. The molecule has 0 unspecified atom stereocenters. The molecule has 12 aromatic rings. The molecule has 0 aliphatic carbocycles. The molecule has 0 N–H and O–H groups in total. The number of benzene rings is 9. The summed E-state index contributed by atoms with van der Waals surface area (Å²) in [5, 5.41) is 4.51. The van der Waals surface area contributed by atoms with E-state index >= 15 is 0 Å². The van der Waals surface area contributed by atoms with Gasteiger partial charge in [-0.1, -0.05) is 159 Å². The van der Waals surface area contributed by atoms with Crippen LogP contribution in [0.4, 0.5) is 0 Å². The van der Waals surface area contributed by atoms with Crippen LogP contribution in [0.5, 0.6) is 46.0 Å². The maximum Gasteiger partial charge on any atom is 0.270 e. The van der Waals surface area contributed by atoms with Crippen molar-refractivity contribution in [2.75, 3.05) is 0 Å². The molecule has 0 atom stereocenters. The number of rotatable bonds is 6. The first-order valence-electron chi connectivity index (χ1n) is 25.9. The van der Waals surface area contributed by atoms with Gasteiger partial charge in [-0.05, 0) is 80.7 Å². The van der Waals surface area contributed by atoms with Crippen LogP contribution in [-0.2, 0) is 26.5 Å². The summed E-state index contributed by atoms with van der Waals surface area (Å²) in [6.07, 6.45) is 5.81. The minimum absolute atomic E-state index is 0. The van der Waals surface area contributed by atoms with Gasteiger partial charge in [-0.25, -0.2) is 4.98 Å². The molecular weight excluding hydrogens is 1150 g/mol. The minimum atomic E-state index is -2.29. The second-order valence-electron chi connectivity index (χ2n) is 21.8. The van der Waals surface area contributed by atoms with E-state index in [4.69, 9.17) is 23.9 Å². The Morgan fingerprint density at radius 2 is 1.23 bits per heavy atom. The van der Waals surface area contributed by atoms with Crippen molar-refractivity contribution in [2.45, 2.75) is 39.3 Å². The van der Waals surface area contributed by atoms with Gasteiger partial charge in [0.1, 0.15) is 40.3 Å². The van der Waals surface area contributed by atoms with E-state index in [1.54, 1.807) is 0 Å². The van der Waals surface area contributed by atoms with Gasteiger partial charge >= 0.3 is 0 Å². The summed E-state index contributed by atoms with van der Waals surface area (Å²) in [5.41, 5.74) is 14.5. The molecule has 9 aromatic carbocycles. The molecule has 3 aromatic heterocycles. The monoisotopic (exact) mass is 1190 g/mol. The van der Waals surface area contributed by atoms with Crippen molar-refractivity contribution < 1.29 is 44.6 Å². The number of pyridine rings is 1. The molecule has 372 valence electrons. The van der Waals surface area contributed by atoms with Gasteiger partial charge in [0.05, 0.1) is 16.7 Å². The molecule has 8 nitrogen and oxygen atoms in total. The predicted octanol–water partition coefficient (Wildman–Crippen LogP) is 12.2. The topological polar surface area (TPSA) is 63.6 Å². The van der Waals surface area contributed by atoms with Crippen LogP contribution in [0.1, 0.15) is 26.3 Å². The van der Waals surface area contributed by atoms with Crippen LogP contribution in [0, 0.1) is 18.5 Å². The Morgan fingerprint density at radius 1 is 0.610 bits per heavy atom. The Hall–Kier alpha value is -8.43.